The van der Waals surface area contributed by atoms with Gasteiger partial charge in [-0.05, 0) is 11.8 Å². The Hall–Kier alpha value is -1.56. The van der Waals surface area contributed by atoms with Gasteiger partial charge in [-0.3, -0.25) is 14.9 Å². The van der Waals surface area contributed by atoms with Crippen LogP contribution in [0.1, 0.15) is 17.3 Å². The lowest BCUT2D eigenvalue weighted by molar-refractivity contribution is -0.385. The number of amides is 1. The lowest BCUT2D eigenvalue weighted by Crippen LogP contribution is -2.12. The van der Waals surface area contributed by atoms with Crippen LogP contribution in [0.3, 0.4) is 0 Å². The molecule has 0 unspecified atom stereocenters. The number of non-ortho nitro benzene ring substituents is 1. The average Bonchev–Trinajstić information content (AvgIpc) is 2.17. The number of carbonyl (C=O) groups excluding carboxylic acids is 1. The summed E-state index contributed by atoms with van der Waals surface area (Å²) in [6, 6.07) is 4.03. The predicted octanol–water partition coefficient (Wildman–Crippen LogP) is 1.81. The Morgan fingerprint density at radius 2 is 2.27 bits per heavy atom. The number of carbonyl (C=O) groups is 1. The third kappa shape index (κ3) is 2.69. The van der Waals surface area contributed by atoms with Gasteiger partial charge in [0, 0.05) is 17.0 Å². The van der Waals surface area contributed by atoms with Gasteiger partial charge >= 0.3 is 0 Å². The first-order valence-electron chi connectivity index (χ1n) is 4.27. The van der Waals surface area contributed by atoms with E-state index in [1.165, 1.54) is 30.0 Å². The van der Waals surface area contributed by atoms with E-state index >= 15 is 0 Å². The molecule has 0 radical (unpaired) electrons. The van der Waals surface area contributed by atoms with Gasteiger partial charge in [-0.25, -0.2) is 0 Å². The molecule has 0 fully saturated rings. The van der Waals surface area contributed by atoms with E-state index in [0.29, 0.717) is 10.5 Å². The van der Waals surface area contributed by atoms with Crippen molar-refractivity contribution in [2.24, 2.45) is 5.73 Å². The molecule has 1 aromatic carbocycles. The first kappa shape index (κ1) is 11.5. The monoisotopic (exact) mass is 226 g/mol. The molecule has 0 aliphatic heterocycles. The molecule has 1 aromatic rings. The van der Waals surface area contributed by atoms with Gasteiger partial charge < -0.3 is 5.73 Å². The van der Waals surface area contributed by atoms with Crippen molar-refractivity contribution in [2.45, 2.75) is 11.8 Å². The Labute approximate surface area is 90.8 Å². The fourth-order valence-electron chi connectivity index (χ4n) is 1.10. The fraction of sp³-hybridized carbons (Fsp3) is 0.222. The molecule has 0 bridgehead atoms. The molecule has 1 amide bonds. The highest BCUT2D eigenvalue weighted by molar-refractivity contribution is 7.99. The summed E-state index contributed by atoms with van der Waals surface area (Å²) in [5.41, 5.74) is 5.44. The highest BCUT2D eigenvalue weighted by Crippen LogP contribution is 2.26. The number of nitrogens with two attached hydrogens (primary N) is 1. The number of benzene rings is 1. The molecule has 6 heteroatoms. The van der Waals surface area contributed by atoms with Crippen LogP contribution < -0.4 is 5.73 Å². The average molecular weight is 226 g/mol. The molecular weight excluding hydrogens is 216 g/mol. The van der Waals surface area contributed by atoms with Gasteiger partial charge in [-0.2, -0.15) is 0 Å². The Morgan fingerprint density at radius 1 is 1.60 bits per heavy atom. The Bertz CT molecular complexity index is 406. The number of nitrogens with zero attached hydrogens (tertiary/aromatic N) is 1. The Morgan fingerprint density at radius 3 is 2.73 bits per heavy atom. The van der Waals surface area contributed by atoms with E-state index < -0.39 is 10.8 Å². The third-order valence-electron chi connectivity index (χ3n) is 1.74. The van der Waals surface area contributed by atoms with E-state index in [1.807, 2.05) is 6.92 Å². The van der Waals surface area contributed by atoms with Gasteiger partial charge in [0.1, 0.15) is 0 Å². The fourth-order valence-corrected chi connectivity index (χ4v) is 1.94. The summed E-state index contributed by atoms with van der Waals surface area (Å²) in [6.45, 7) is 1.90. The maximum atomic E-state index is 11.0. The Balaban J connectivity index is 3.20. The predicted molar refractivity (Wildman–Crippen MR) is 58.0 cm³/mol. The van der Waals surface area contributed by atoms with Crippen molar-refractivity contribution in [3.8, 4) is 0 Å². The number of hydrogen-bond acceptors (Lipinski definition) is 4. The normalized spacial score (nSPS) is 9.93. The zero-order chi connectivity index (χ0) is 11.4. The van der Waals surface area contributed by atoms with E-state index in [0.717, 1.165) is 5.75 Å². The molecule has 0 saturated carbocycles. The van der Waals surface area contributed by atoms with Gasteiger partial charge in [-0.1, -0.05) is 6.92 Å². The summed E-state index contributed by atoms with van der Waals surface area (Å²) < 4.78 is 0. The second-order valence-corrected chi connectivity index (χ2v) is 4.04. The van der Waals surface area contributed by atoms with Gasteiger partial charge in [-0.15, -0.1) is 11.8 Å². The number of nitro benzene ring substituents is 1. The maximum absolute atomic E-state index is 11.0. The van der Waals surface area contributed by atoms with Crippen LogP contribution in [0.15, 0.2) is 23.1 Å². The van der Waals surface area contributed by atoms with Gasteiger partial charge in [0.25, 0.3) is 5.69 Å². The number of thioether (sulfide) groups is 1. The Kier molecular flexibility index (Phi) is 3.68. The number of hydrogen-bond donors (Lipinski definition) is 1. The van der Waals surface area contributed by atoms with Crippen LogP contribution in [0, 0.1) is 10.1 Å². The molecule has 0 spiro atoms. The standard InChI is InChI=1S/C9H10N2O3S/c1-2-15-8-5-6(11(13)14)3-4-7(8)9(10)12/h3-5H,2H2,1H3,(H2,10,12). The summed E-state index contributed by atoms with van der Waals surface area (Å²) in [4.78, 5) is 21.6. The summed E-state index contributed by atoms with van der Waals surface area (Å²) in [5.74, 6) is 0.155. The van der Waals surface area contributed by atoms with Crippen LogP contribution in [0.5, 0.6) is 0 Å². The summed E-state index contributed by atoms with van der Waals surface area (Å²) in [5, 5.41) is 10.5. The van der Waals surface area contributed by atoms with Crippen LogP contribution in [0.4, 0.5) is 5.69 Å². The molecule has 0 aliphatic rings. The van der Waals surface area contributed by atoms with Crippen LogP contribution in [-0.2, 0) is 0 Å². The molecular formula is C9H10N2O3S. The minimum Gasteiger partial charge on any atom is -0.366 e. The molecule has 0 atom stereocenters. The smallest absolute Gasteiger partial charge is 0.270 e. The maximum Gasteiger partial charge on any atom is 0.270 e. The molecule has 15 heavy (non-hydrogen) atoms. The van der Waals surface area contributed by atoms with Crippen LogP contribution in [-0.4, -0.2) is 16.6 Å². The number of primary amides is 1. The van der Waals surface area contributed by atoms with E-state index in [1.54, 1.807) is 0 Å². The minimum atomic E-state index is -0.569. The summed E-state index contributed by atoms with van der Waals surface area (Å²) in [7, 11) is 0. The summed E-state index contributed by atoms with van der Waals surface area (Å²) >= 11 is 1.36. The molecule has 0 heterocycles. The van der Waals surface area contributed by atoms with Crippen LogP contribution in [0.2, 0.25) is 0 Å². The quantitative estimate of drug-likeness (QED) is 0.482. The molecule has 1 rings (SSSR count). The third-order valence-corrected chi connectivity index (χ3v) is 2.68. The van der Waals surface area contributed by atoms with E-state index in [-0.39, 0.29) is 5.69 Å². The highest BCUT2D eigenvalue weighted by atomic mass is 32.2. The second kappa shape index (κ2) is 4.79. The number of nitro groups is 1. The van der Waals surface area contributed by atoms with Gasteiger partial charge in [0.15, 0.2) is 0 Å². The van der Waals surface area contributed by atoms with Crippen molar-refractivity contribution in [1.29, 1.82) is 0 Å². The van der Waals surface area contributed by atoms with E-state index in [2.05, 4.69) is 0 Å². The van der Waals surface area contributed by atoms with E-state index in [4.69, 9.17) is 5.73 Å². The van der Waals surface area contributed by atoms with Crippen molar-refractivity contribution >= 4 is 23.4 Å². The molecule has 2 N–H and O–H groups in total. The van der Waals surface area contributed by atoms with Crippen molar-refractivity contribution < 1.29 is 9.72 Å². The minimum absolute atomic E-state index is 0.0315. The molecule has 5 nitrogen and oxygen atoms in total. The first-order chi connectivity index (χ1) is 7.06. The summed E-state index contributed by atoms with van der Waals surface area (Å²) in [6.07, 6.45) is 0. The SMILES string of the molecule is CCSc1cc([N+](=O)[O-])ccc1C(N)=O. The molecule has 0 aliphatic carbocycles. The molecule has 0 aromatic heterocycles. The largest absolute Gasteiger partial charge is 0.366 e. The second-order valence-electron chi connectivity index (χ2n) is 2.73. The van der Waals surface area contributed by atoms with Crippen molar-refractivity contribution in [3.05, 3.63) is 33.9 Å². The highest BCUT2D eigenvalue weighted by Gasteiger charge is 2.13. The van der Waals surface area contributed by atoms with Crippen LogP contribution in [0.25, 0.3) is 0 Å². The molecule has 0 saturated heterocycles. The van der Waals surface area contributed by atoms with Crippen molar-refractivity contribution in [1.82, 2.24) is 0 Å². The van der Waals surface area contributed by atoms with Gasteiger partial charge in [0.05, 0.1) is 10.5 Å². The molecule has 80 valence electrons. The van der Waals surface area contributed by atoms with Crippen molar-refractivity contribution in [3.63, 3.8) is 0 Å². The lowest BCUT2D eigenvalue weighted by Gasteiger charge is -2.04. The zero-order valence-corrected chi connectivity index (χ0v) is 8.91. The van der Waals surface area contributed by atoms with Gasteiger partial charge in [0.2, 0.25) is 5.91 Å². The van der Waals surface area contributed by atoms with Crippen LogP contribution >= 0.6 is 11.8 Å². The first-order valence-corrected chi connectivity index (χ1v) is 5.26. The van der Waals surface area contributed by atoms with Crippen molar-refractivity contribution in [2.75, 3.05) is 5.75 Å². The topological polar surface area (TPSA) is 86.2 Å². The zero-order valence-electron chi connectivity index (χ0n) is 8.10. The lowest BCUT2D eigenvalue weighted by atomic mass is 10.2. The van der Waals surface area contributed by atoms with E-state index in [9.17, 15) is 14.9 Å². The number of rotatable bonds is 4.